The van der Waals surface area contributed by atoms with Crippen molar-refractivity contribution >= 4 is 0 Å². The smallest absolute Gasteiger partial charge is 0.123 e. The van der Waals surface area contributed by atoms with Gasteiger partial charge in [-0.3, -0.25) is 0 Å². The molecule has 1 aliphatic carbocycles. The van der Waals surface area contributed by atoms with Crippen LogP contribution in [0.25, 0.3) is 11.1 Å². The SMILES string of the molecule is CCCCCC1CCCCC1CCCOc1ccc(-c2ccc(F)cc2)cc1. The van der Waals surface area contributed by atoms with Crippen molar-refractivity contribution in [3.63, 3.8) is 0 Å². The number of rotatable bonds is 10. The molecule has 1 fully saturated rings. The number of unbranched alkanes of at least 4 members (excludes halogenated alkanes) is 2. The van der Waals surface area contributed by atoms with Crippen molar-refractivity contribution in [1.29, 1.82) is 0 Å². The zero-order chi connectivity index (χ0) is 19.6. The maximum absolute atomic E-state index is 13.1. The topological polar surface area (TPSA) is 9.23 Å². The first-order valence-electron chi connectivity index (χ1n) is 11.2. The molecule has 1 saturated carbocycles. The molecular formula is C26H35FO. The Morgan fingerprint density at radius 2 is 1.36 bits per heavy atom. The van der Waals surface area contributed by atoms with Crippen LogP contribution >= 0.6 is 0 Å². The van der Waals surface area contributed by atoms with Gasteiger partial charge in [-0.15, -0.1) is 0 Å². The van der Waals surface area contributed by atoms with E-state index in [-0.39, 0.29) is 5.82 Å². The van der Waals surface area contributed by atoms with Crippen LogP contribution in [0.5, 0.6) is 5.75 Å². The largest absolute Gasteiger partial charge is 0.494 e. The van der Waals surface area contributed by atoms with E-state index in [2.05, 4.69) is 6.92 Å². The number of hydrogen-bond acceptors (Lipinski definition) is 1. The van der Waals surface area contributed by atoms with E-state index in [1.807, 2.05) is 36.4 Å². The van der Waals surface area contributed by atoms with Crippen LogP contribution in [-0.2, 0) is 0 Å². The van der Waals surface area contributed by atoms with Gasteiger partial charge in [-0.05, 0) is 60.1 Å². The summed E-state index contributed by atoms with van der Waals surface area (Å²) in [6.07, 6.45) is 13.7. The molecule has 1 aliphatic rings. The average molecular weight is 383 g/mol. The predicted octanol–water partition coefficient (Wildman–Crippen LogP) is 8.04. The minimum atomic E-state index is -0.200. The Morgan fingerprint density at radius 3 is 1.96 bits per heavy atom. The molecule has 0 aliphatic heterocycles. The fourth-order valence-corrected chi connectivity index (χ4v) is 4.62. The summed E-state index contributed by atoms with van der Waals surface area (Å²) in [5, 5.41) is 0. The molecule has 0 heterocycles. The molecule has 0 N–H and O–H groups in total. The van der Waals surface area contributed by atoms with Crippen LogP contribution in [0.15, 0.2) is 48.5 Å². The third kappa shape index (κ3) is 6.36. The Bertz CT molecular complexity index is 677. The third-order valence-electron chi connectivity index (χ3n) is 6.26. The maximum atomic E-state index is 13.1. The summed E-state index contributed by atoms with van der Waals surface area (Å²) in [6.45, 7) is 3.09. The molecular weight excluding hydrogens is 347 g/mol. The van der Waals surface area contributed by atoms with Crippen LogP contribution in [0, 0.1) is 17.7 Å². The lowest BCUT2D eigenvalue weighted by Crippen LogP contribution is -2.20. The summed E-state index contributed by atoms with van der Waals surface area (Å²) in [4.78, 5) is 0. The molecule has 0 bridgehead atoms. The first kappa shape index (κ1) is 20.9. The zero-order valence-corrected chi connectivity index (χ0v) is 17.3. The van der Waals surface area contributed by atoms with Gasteiger partial charge in [0.25, 0.3) is 0 Å². The first-order chi connectivity index (χ1) is 13.8. The lowest BCUT2D eigenvalue weighted by molar-refractivity contribution is 0.190. The van der Waals surface area contributed by atoms with E-state index in [0.29, 0.717) is 0 Å². The average Bonchev–Trinajstić information content (AvgIpc) is 2.73. The molecule has 2 aromatic carbocycles. The van der Waals surface area contributed by atoms with Gasteiger partial charge in [0.15, 0.2) is 0 Å². The number of hydrogen-bond donors (Lipinski definition) is 0. The van der Waals surface area contributed by atoms with Gasteiger partial charge >= 0.3 is 0 Å². The molecule has 28 heavy (non-hydrogen) atoms. The molecule has 0 amide bonds. The van der Waals surface area contributed by atoms with Gasteiger partial charge in [-0.25, -0.2) is 4.39 Å². The van der Waals surface area contributed by atoms with Crippen molar-refractivity contribution in [2.75, 3.05) is 6.61 Å². The molecule has 2 aromatic rings. The summed E-state index contributed by atoms with van der Waals surface area (Å²) in [7, 11) is 0. The molecule has 1 nitrogen and oxygen atoms in total. The number of halogens is 1. The fourth-order valence-electron chi connectivity index (χ4n) is 4.62. The van der Waals surface area contributed by atoms with Gasteiger partial charge < -0.3 is 4.74 Å². The lowest BCUT2D eigenvalue weighted by atomic mass is 9.74. The van der Waals surface area contributed by atoms with Gasteiger partial charge in [0, 0.05) is 0 Å². The minimum Gasteiger partial charge on any atom is -0.494 e. The van der Waals surface area contributed by atoms with Crippen LogP contribution in [0.4, 0.5) is 4.39 Å². The highest BCUT2D eigenvalue weighted by Gasteiger charge is 2.24. The molecule has 0 radical (unpaired) electrons. The van der Waals surface area contributed by atoms with Gasteiger partial charge in [0.05, 0.1) is 6.61 Å². The van der Waals surface area contributed by atoms with Gasteiger partial charge in [-0.2, -0.15) is 0 Å². The summed E-state index contributed by atoms with van der Waals surface area (Å²) in [5.41, 5.74) is 2.11. The van der Waals surface area contributed by atoms with E-state index in [1.54, 1.807) is 0 Å². The van der Waals surface area contributed by atoms with Gasteiger partial charge in [0.1, 0.15) is 11.6 Å². The van der Waals surface area contributed by atoms with Crippen molar-refractivity contribution in [3.05, 3.63) is 54.3 Å². The van der Waals surface area contributed by atoms with Crippen molar-refractivity contribution in [2.45, 2.75) is 71.1 Å². The van der Waals surface area contributed by atoms with E-state index in [4.69, 9.17) is 4.74 Å². The monoisotopic (exact) mass is 382 g/mol. The number of benzene rings is 2. The fraction of sp³-hybridized carbons (Fsp3) is 0.538. The Morgan fingerprint density at radius 1 is 0.786 bits per heavy atom. The first-order valence-corrected chi connectivity index (χ1v) is 11.2. The Kier molecular flexibility index (Phi) is 8.39. The van der Waals surface area contributed by atoms with Crippen molar-refractivity contribution < 1.29 is 9.13 Å². The van der Waals surface area contributed by atoms with Crippen molar-refractivity contribution in [2.24, 2.45) is 11.8 Å². The molecule has 0 aromatic heterocycles. The van der Waals surface area contributed by atoms with Crippen LogP contribution in [0.2, 0.25) is 0 Å². The number of ether oxygens (including phenoxy) is 1. The molecule has 0 saturated heterocycles. The quantitative estimate of drug-likeness (QED) is 0.378. The highest BCUT2D eigenvalue weighted by atomic mass is 19.1. The molecule has 3 rings (SSSR count). The van der Waals surface area contributed by atoms with E-state index in [0.717, 1.165) is 41.7 Å². The standard InChI is InChI=1S/C26H35FO/c1-2-3-4-8-21-9-5-6-10-22(21)11-7-20-28-26-18-14-24(15-19-26)23-12-16-25(27)17-13-23/h12-19,21-22H,2-11,20H2,1H3. The van der Waals surface area contributed by atoms with E-state index < -0.39 is 0 Å². The predicted molar refractivity (Wildman–Crippen MR) is 116 cm³/mol. The highest BCUT2D eigenvalue weighted by molar-refractivity contribution is 5.63. The lowest BCUT2D eigenvalue weighted by Gasteiger charge is -2.31. The Hall–Kier alpha value is -1.83. The summed E-state index contributed by atoms with van der Waals surface area (Å²) >= 11 is 0. The van der Waals surface area contributed by atoms with Crippen LogP contribution < -0.4 is 4.74 Å². The highest BCUT2D eigenvalue weighted by Crippen LogP contribution is 2.36. The molecule has 2 unspecified atom stereocenters. The summed E-state index contributed by atoms with van der Waals surface area (Å²) in [5.74, 6) is 2.59. The molecule has 2 heteroatoms. The van der Waals surface area contributed by atoms with E-state index >= 15 is 0 Å². The summed E-state index contributed by atoms with van der Waals surface area (Å²) < 4.78 is 19.0. The van der Waals surface area contributed by atoms with Crippen LogP contribution in [-0.4, -0.2) is 6.61 Å². The normalized spacial score (nSPS) is 19.5. The third-order valence-corrected chi connectivity index (χ3v) is 6.26. The summed E-state index contributed by atoms with van der Waals surface area (Å²) in [6, 6.07) is 14.8. The second-order valence-electron chi connectivity index (χ2n) is 8.32. The van der Waals surface area contributed by atoms with Crippen molar-refractivity contribution in [1.82, 2.24) is 0 Å². The van der Waals surface area contributed by atoms with Gasteiger partial charge in [0.2, 0.25) is 0 Å². The minimum absolute atomic E-state index is 0.200. The zero-order valence-electron chi connectivity index (χ0n) is 17.3. The second-order valence-corrected chi connectivity index (χ2v) is 8.32. The van der Waals surface area contributed by atoms with Crippen LogP contribution in [0.3, 0.4) is 0 Å². The molecule has 152 valence electrons. The van der Waals surface area contributed by atoms with E-state index in [9.17, 15) is 4.39 Å². The van der Waals surface area contributed by atoms with Crippen LogP contribution in [0.1, 0.15) is 71.1 Å². The molecule has 0 spiro atoms. The Balaban J connectivity index is 1.41. The molecule has 2 atom stereocenters. The second kappa shape index (κ2) is 11.2. The van der Waals surface area contributed by atoms with Gasteiger partial charge in [-0.1, -0.05) is 82.6 Å². The maximum Gasteiger partial charge on any atom is 0.123 e. The van der Waals surface area contributed by atoms with E-state index in [1.165, 1.54) is 69.9 Å². The van der Waals surface area contributed by atoms with Crippen molar-refractivity contribution in [3.8, 4) is 16.9 Å². The Labute approximate surface area is 170 Å².